The molecule has 0 bridgehead atoms. The van der Waals surface area contributed by atoms with Crippen molar-refractivity contribution in [3.05, 3.63) is 44.9 Å². The minimum Gasteiger partial charge on any atom is -0.354 e. The standard InChI is InChI=1S/C19H23N3O2S/c1-13-17-15(5-2-6-16(17)23)20-18(13)19(24)22-9-7-21(8-10-22)12-14-4-3-11-25-14/h3-4,11,20H,2,5-10,12H2,1H3. The Bertz CT molecular complexity index is 786. The molecule has 4 rings (SSSR count). The number of nitrogens with zero attached hydrogens (tertiary/aromatic N) is 2. The van der Waals surface area contributed by atoms with Crippen molar-refractivity contribution >= 4 is 23.0 Å². The van der Waals surface area contributed by atoms with Crippen LogP contribution in [-0.4, -0.2) is 52.7 Å². The summed E-state index contributed by atoms with van der Waals surface area (Å²) in [6.45, 7) is 6.12. The molecule has 1 saturated heterocycles. The molecule has 0 atom stereocenters. The van der Waals surface area contributed by atoms with Gasteiger partial charge in [-0.2, -0.15) is 0 Å². The van der Waals surface area contributed by atoms with Gasteiger partial charge in [-0.3, -0.25) is 14.5 Å². The number of H-pyrrole nitrogens is 1. The predicted molar refractivity (Wildman–Crippen MR) is 98.3 cm³/mol. The van der Waals surface area contributed by atoms with Crippen molar-refractivity contribution < 1.29 is 9.59 Å². The topological polar surface area (TPSA) is 56.4 Å². The number of thiophene rings is 1. The highest BCUT2D eigenvalue weighted by molar-refractivity contribution is 7.09. The second kappa shape index (κ2) is 6.77. The highest BCUT2D eigenvalue weighted by atomic mass is 32.1. The molecule has 1 amide bonds. The summed E-state index contributed by atoms with van der Waals surface area (Å²) < 4.78 is 0. The van der Waals surface area contributed by atoms with E-state index < -0.39 is 0 Å². The Balaban J connectivity index is 1.43. The van der Waals surface area contributed by atoms with Crippen molar-refractivity contribution in [2.24, 2.45) is 0 Å². The summed E-state index contributed by atoms with van der Waals surface area (Å²) in [6, 6.07) is 4.24. The van der Waals surface area contributed by atoms with Gasteiger partial charge in [0.25, 0.3) is 5.91 Å². The molecule has 1 fully saturated rings. The van der Waals surface area contributed by atoms with Crippen molar-refractivity contribution in [2.45, 2.75) is 32.7 Å². The summed E-state index contributed by atoms with van der Waals surface area (Å²) in [5, 5.41) is 2.10. The molecule has 5 nitrogen and oxygen atoms in total. The third-order valence-electron chi connectivity index (χ3n) is 5.27. The molecule has 1 aliphatic carbocycles. The van der Waals surface area contributed by atoms with Gasteiger partial charge in [-0.25, -0.2) is 0 Å². The monoisotopic (exact) mass is 357 g/mol. The molecule has 0 radical (unpaired) electrons. The van der Waals surface area contributed by atoms with E-state index in [1.54, 1.807) is 11.3 Å². The number of ketones is 1. The molecule has 2 aromatic heterocycles. The number of hydrogen-bond donors (Lipinski definition) is 1. The number of aromatic amines is 1. The molecule has 0 unspecified atom stereocenters. The number of amides is 1. The summed E-state index contributed by atoms with van der Waals surface area (Å²) in [6.07, 6.45) is 2.34. The van der Waals surface area contributed by atoms with E-state index in [4.69, 9.17) is 0 Å². The molecule has 0 aromatic carbocycles. The third kappa shape index (κ3) is 3.16. The zero-order chi connectivity index (χ0) is 17.4. The van der Waals surface area contributed by atoms with Crippen LogP contribution < -0.4 is 0 Å². The average molecular weight is 357 g/mol. The number of nitrogens with one attached hydrogen (secondary N) is 1. The molecule has 1 N–H and O–H groups in total. The normalized spacial score (nSPS) is 18.4. The van der Waals surface area contributed by atoms with Crippen LogP contribution in [0.3, 0.4) is 0 Å². The maximum Gasteiger partial charge on any atom is 0.270 e. The van der Waals surface area contributed by atoms with Gasteiger partial charge in [-0.05, 0) is 36.8 Å². The lowest BCUT2D eigenvalue weighted by atomic mass is 9.93. The van der Waals surface area contributed by atoms with Crippen LogP contribution in [0.2, 0.25) is 0 Å². The number of carbonyl (C=O) groups is 2. The number of aryl methyl sites for hydroxylation is 1. The first-order chi connectivity index (χ1) is 12.1. The van der Waals surface area contributed by atoms with Crippen LogP contribution in [0.25, 0.3) is 0 Å². The lowest BCUT2D eigenvalue weighted by Gasteiger charge is -2.34. The fourth-order valence-electron chi connectivity index (χ4n) is 3.88. The van der Waals surface area contributed by atoms with Crippen LogP contribution in [0.1, 0.15) is 49.8 Å². The Morgan fingerprint density at radius 3 is 2.72 bits per heavy atom. The lowest BCUT2D eigenvalue weighted by molar-refractivity contribution is 0.0623. The van der Waals surface area contributed by atoms with Gasteiger partial charge in [-0.1, -0.05) is 6.07 Å². The molecule has 25 heavy (non-hydrogen) atoms. The SMILES string of the molecule is Cc1c(C(=O)N2CCN(Cc3cccs3)CC2)[nH]c2c1C(=O)CCC2. The van der Waals surface area contributed by atoms with Crippen LogP contribution in [-0.2, 0) is 13.0 Å². The number of carbonyl (C=O) groups excluding carboxylic acids is 2. The van der Waals surface area contributed by atoms with Crippen LogP contribution >= 0.6 is 11.3 Å². The molecule has 1 aliphatic heterocycles. The average Bonchev–Trinajstić information content (AvgIpc) is 3.24. The second-order valence-corrected chi connectivity index (χ2v) is 7.94. The van der Waals surface area contributed by atoms with Crippen molar-refractivity contribution in [2.75, 3.05) is 26.2 Å². The molecule has 6 heteroatoms. The van der Waals surface area contributed by atoms with Crippen molar-refractivity contribution in [3.8, 4) is 0 Å². The summed E-state index contributed by atoms with van der Waals surface area (Å²) in [5.74, 6) is 0.213. The summed E-state index contributed by atoms with van der Waals surface area (Å²) in [7, 11) is 0. The van der Waals surface area contributed by atoms with E-state index in [0.717, 1.165) is 62.4 Å². The number of rotatable bonds is 3. The van der Waals surface area contributed by atoms with Gasteiger partial charge in [0.1, 0.15) is 5.69 Å². The number of aromatic nitrogens is 1. The van der Waals surface area contributed by atoms with Gasteiger partial charge in [0.15, 0.2) is 5.78 Å². The van der Waals surface area contributed by atoms with Gasteiger partial charge in [0, 0.05) is 55.3 Å². The van der Waals surface area contributed by atoms with E-state index in [0.29, 0.717) is 12.1 Å². The van der Waals surface area contributed by atoms with E-state index in [2.05, 4.69) is 27.4 Å². The maximum absolute atomic E-state index is 12.9. The summed E-state index contributed by atoms with van der Waals surface area (Å²) in [4.78, 5) is 34.0. The molecule has 0 saturated carbocycles. The molecule has 0 spiro atoms. The Labute approximate surface area is 151 Å². The van der Waals surface area contributed by atoms with Crippen molar-refractivity contribution in [1.29, 1.82) is 0 Å². The van der Waals surface area contributed by atoms with E-state index in [1.807, 2.05) is 11.8 Å². The Morgan fingerprint density at radius 2 is 2.04 bits per heavy atom. The molecule has 2 aromatic rings. The Kier molecular flexibility index (Phi) is 4.48. The minimum absolute atomic E-state index is 0.0375. The Morgan fingerprint density at radius 1 is 1.24 bits per heavy atom. The predicted octanol–water partition coefficient (Wildman–Crippen LogP) is 2.86. The number of fused-ring (bicyclic) bond motifs is 1. The van der Waals surface area contributed by atoms with Gasteiger partial charge in [0.2, 0.25) is 0 Å². The summed E-state index contributed by atoms with van der Waals surface area (Å²) >= 11 is 1.78. The Hall–Kier alpha value is -1.92. The van der Waals surface area contributed by atoms with Gasteiger partial charge in [0.05, 0.1) is 0 Å². The first-order valence-electron chi connectivity index (χ1n) is 8.92. The minimum atomic E-state index is 0.0375. The largest absolute Gasteiger partial charge is 0.354 e. The zero-order valence-corrected chi connectivity index (χ0v) is 15.3. The third-order valence-corrected chi connectivity index (χ3v) is 6.13. The fourth-order valence-corrected chi connectivity index (χ4v) is 4.62. The smallest absolute Gasteiger partial charge is 0.270 e. The first-order valence-corrected chi connectivity index (χ1v) is 9.80. The highest BCUT2D eigenvalue weighted by Crippen LogP contribution is 2.27. The van der Waals surface area contributed by atoms with Gasteiger partial charge < -0.3 is 9.88 Å². The number of piperazine rings is 1. The molecular weight excluding hydrogens is 334 g/mol. The molecule has 2 aliphatic rings. The van der Waals surface area contributed by atoms with E-state index in [9.17, 15) is 9.59 Å². The zero-order valence-electron chi connectivity index (χ0n) is 14.5. The maximum atomic E-state index is 12.9. The van der Waals surface area contributed by atoms with Crippen LogP contribution in [0.5, 0.6) is 0 Å². The second-order valence-electron chi connectivity index (χ2n) is 6.90. The van der Waals surface area contributed by atoms with Gasteiger partial charge >= 0.3 is 0 Å². The van der Waals surface area contributed by atoms with Gasteiger partial charge in [-0.15, -0.1) is 11.3 Å². The van der Waals surface area contributed by atoms with E-state index >= 15 is 0 Å². The molecule has 132 valence electrons. The molecular formula is C19H23N3O2S. The van der Waals surface area contributed by atoms with Crippen LogP contribution in [0.4, 0.5) is 0 Å². The summed E-state index contributed by atoms with van der Waals surface area (Å²) in [5.41, 5.74) is 3.18. The van der Waals surface area contributed by atoms with Crippen molar-refractivity contribution in [1.82, 2.24) is 14.8 Å². The van der Waals surface area contributed by atoms with Crippen molar-refractivity contribution in [3.63, 3.8) is 0 Å². The number of hydrogen-bond acceptors (Lipinski definition) is 4. The quantitative estimate of drug-likeness (QED) is 0.919. The first kappa shape index (κ1) is 16.5. The van der Waals surface area contributed by atoms with E-state index in [1.165, 1.54) is 4.88 Å². The lowest BCUT2D eigenvalue weighted by Crippen LogP contribution is -2.48. The molecule has 3 heterocycles. The fraction of sp³-hybridized carbons (Fsp3) is 0.474. The van der Waals surface area contributed by atoms with Crippen LogP contribution in [0, 0.1) is 6.92 Å². The van der Waals surface area contributed by atoms with Crippen LogP contribution in [0.15, 0.2) is 17.5 Å². The van der Waals surface area contributed by atoms with E-state index in [-0.39, 0.29) is 11.7 Å². The number of Topliss-reactive ketones (excluding diaryl/α,β-unsaturated/α-hetero) is 1. The highest BCUT2D eigenvalue weighted by Gasteiger charge is 2.29.